The number of nitrogens with two attached hydrogens (primary N) is 1. The molecule has 0 spiro atoms. The molecular weight excluding hydrogens is 238 g/mol. The maximum Gasteiger partial charge on any atom is 0.228 e. The van der Waals surface area contributed by atoms with Crippen LogP contribution in [-0.4, -0.2) is 26.7 Å². The summed E-state index contributed by atoms with van der Waals surface area (Å²) in [6.45, 7) is 0.668. The Bertz CT molecular complexity index is 482. The first kappa shape index (κ1) is 11.5. The lowest BCUT2D eigenvalue weighted by atomic mass is 10.3. The van der Waals surface area contributed by atoms with Crippen molar-refractivity contribution >= 4 is 23.0 Å². The Morgan fingerprint density at radius 3 is 2.88 bits per heavy atom. The van der Waals surface area contributed by atoms with E-state index in [2.05, 4.69) is 20.4 Å². The van der Waals surface area contributed by atoms with E-state index < -0.39 is 0 Å². The number of nitrogens with one attached hydrogen (secondary N) is 1. The number of rotatable bonds is 5. The van der Waals surface area contributed by atoms with Gasteiger partial charge in [0.2, 0.25) is 5.89 Å². The molecule has 0 fully saturated rings. The molecule has 3 N–H and O–H groups in total. The van der Waals surface area contributed by atoms with Crippen LogP contribution in [0.1, 0.15) is 11.5 Å². The van der Waals surface area contributed by atoms with Crippen LogP contribution in [0.5, 0.6) is 0 Å². The number of thiocarbonyl (C=S) groups is 1. The molecule has 0 amide bonds. The number of hydrogen-bond donors (Lipinski definition) is 2. The van der Waals surface area contributed by atoms with Gasteiger partial charge in [-0.05, 0) is 12.1 Å². The summed E-state index contributed by atoms with van der Waals surface area (Å²) >= 11 is 4.84. The molecule has 0 aromatic carbocycles. The average molecular weight is 249 g/mol. The number of pyridine rings is 1. The minimum absolute atomic E-state index is 0.343. The van der Waals surface area contributed by atoms with Crippen LogP contribution in [0.2, 0.25) is 0 Å². The van der Waals surface area contributed by atoms with Gasteiger partial charge in [0.05, 0.1) is 0 Å². The third-order valence-electron chi connectivity index (χ3n) is 2.10. The van der Waals surface area contributed by atoms with E-state index in [1.54, 1.807) is 6.20 Å². The molecular formula is C10H11N5OS. The largest absolute Gasteiger partial charge is 0.389 e. The minimum Gasteiger partial charge on any atom is -0.389 e. The van der Waals surface area contributed by atoms with Gasteiger partial charge in [0.1, 0.15) is 10.8 Å². The van der Waals surface area contributed by atoms with Crippen molar-refractivity contribution in [2.45, 2.75) is 6.42 Å². The van der Waals surface area contributed by atoms with Gasteiger partial charge in [-0.3, -0.25) is 0 Å². The van der Waals surface area contributed by atoms with Crippen molar-refractivity contribution in [2.75, 3.05) is 11.9 Å². The van der Waals surface area contributed by atoms with Crippen molar-refractivity contribution in [1.82, 2.24) is 15.1 Å². The van der Waals surface area contributed by atoms with Gasteiger partial charge in [-0.2, -0.15) is 4.98 Å². The third-order valence-corrected chi connectivity index (χ3v) is 2.34. The summed E-state index contributed by atoms with van der Waals surface area (Å²) in [6, 6.07) is 3.65. The molecule has 2 aromatic heterocycles. The van der Waals surface area contributed by atoms with Crippen molar-refractivity contribution in [3.8, 4) is 0 Å². The molecule has 17 heavy (non-hydrogen) atoms. The molecule has 0 aliphatic carbocycles. The molecule has 0 aliphatic heterocycles. The maximum absolute atomic E-state index is 5.47. The number of hydrogen-bond acceptors (Lipinski definition) is 6. The lowest BCUT2D eigenvalue weighted by Gasteiger charge is -2.04. The normalized spacial score (nSPS) is 10.1. The molecule has 0 unspecified atom stereocenters. The maximum atomic E-state index is 5.47. The van der Waals surface area contributed by atoms with Gasteiger partial charge < -0.3 is 15.6 Å². The number of aromatic nitrogens is 3. The second-order valence-electron chi connectivity index (χ2n) is 3.31. The van der Waals surface area contributed by atoms with E-state index in [0.29, 0.717) is 23.8 Å². The summed E-state index contributed by atoms with van der Waals surface area (Å²) in [5.41, 5.74) is 6.22. The smallest absolute Gasteiger partial charge is 0.228 e. The van der Waals surface area contributed by atoms with Gasteiger partial charge >= 0.3 is 0 Å². The summed E-state index contributed by atoms with van der Waals surface area (Å²) in [6.07, 6.45) is 3.67. The van der Waals surface area contributed by atoms with E-state index >= 15 is 0 Å². The van der Waals surface area contributed by atoms with E-state index in [9.17, 15) is 0 Å². The van der Waals surface area contributed by atoms with E-state index in [4.69, 9.17) is 22.5 Å². The molecule has 0 atom stereocenters. The average Bonchev–Trinajstić information content (AvgIpc) is 2.83. The van der Waals surface area contributed by atoms with Gasteiger partial charge in [0, 0.05) is 24.7 Å². The Kier molecular flexibility index (Phi) is 3.61. The molecule has 0 saturated heterocycles. The molecule has 0 radical (unpaired) electrons. The lowest BCUT2D eigenvalue weighted by molar-refractivity contribution is 0.379. The summed E-state index contributed by atoms with van der Waals surface area (Å²) in [7, 11) is 0. The molecule has 2 rings (SSSR count). The molecule has 0 bridgehead atoms. The third kappa shape index (κ3) is 3.22. The van der Waals surface area contributed by atoms with Crippen LogP contribution in [0.3, 0.4) is 0 Å². The van der Waals surface area contributed by atoms with E-state index in [1.165, 1.54) is 6.33 Å². The van der Waals surface area contributed by atoms with E-state index in [1.807, 2.05) is 12.1 Å². The quantitative estimate of drug-likeness (QED) is 0.756. The topological polar surface area (TPSA) is 89.9 Å². The molecule has 88 valence electrons. The number of nitrogens with zero attached hydrogens (tertiary/aromatic N) is 3. The first-order valence-electron chi connectivity index (χ1n) is 5.01. The Balaban J connectivity index is 1.85. The molecule has 2 aromatic rings. The van der Waals surface area contributed by atoms with Crippen LogP contribution in [-0.2, 0) is 6.42 Å². The van der Waals surface area contributed by atoms with Crippen molar-refractivity contribution in [3.05, 3.63) is 36.1 Å². The first-order chi connectivity index (χ1) is 8.25. The highest BCUT2D eigenvalue weighted by molar-refractivity contribution is 7.80. The highest BCUT2D eigenvalue weighted by Crippen LogP contribution is 2.05. The highest BCUT2D eigenvalue weighted by Gasteiger charge is 2.00. The van der Waals surface area contributed by atoms with Gasteiger partial charge in [-0.1, -0.05) is 17.4 Å². The second-order valence-corrected chi connectivity index (χ2v) is 3.75. The minimum atomic E-state index is 0.343. The van der Waals surface area contributed by atoms with Gasteiger partial charge in [-0.15, -0.1) is 0 Å². The van der Waals surface area contributed by atoms with Crippen LogP contribution in [0.25, 0.3) is 0 Å². The van der Waals surface area contributed by atoms with Crippen molar-refractivity contribution in [3.63, 3.8) is 0 Å². The lowest BCUT2D eigenvalue weighted by Crippen LogP contribution is -2.11. The van der Waals surface area contributed by atoms with Crippen molar-refractivity contribution in [1.29, 1.82) is 0 Å². The second kappa shape index (κ2) is 5.35. The van der Waals surface area contributed by atoms with Crippen molar-refractivity contribution < 1.29 is 4.52 Å². The van der Waals surface area contributed by atoms with Crippen LogP contribution < -0.4 is 11.1 Å². The fourth-order valence-electron chi connectivity index (χ4n) is 1.25. The Morgan fingerprint density at radius 2 is 2.29 bits per heavy atom. The van der Waals surface area contributed by atoms with E-state index in [0.717, 1.165) is 11.4 Å². The summed E-state index contributed by atoms with van der Waals surface area (Å²) in [5, 5.41) is 6.65. The summed E-state index contributed by atoms with van der Waals surface area (Å²) in [5.74, 6) is 1.35. The fourth-order valence-corrected chi connectivity index (χ4v) is 1.37. The summed E-state index contributed by atoms with van der Waals surface area (Å²) < 4.78 is 4.87. The number of anilines is 1. The van der Waals surface area contributed by atoms with Crippen LogP contribution in [0.15, 0.2) is 29.2 Å². The summed E-state index contributed by atoms with van der Waals surface area (Å²) in [4.78, 5) is 8.43. The Morgan fingerprint density at radius 1 is 1.41 bits per heavy atom. The van der Waals surface area contributed by atoms with Crippen LogP contribution in [0.4, 0.5) is 5.82 Å². The molecule has 6 nitrogen and oxygen atoms in total. The predicted molar refractivity (Wildman–Crippen MR) is 66.6 cm³/mol. The van der Waals surface area contributed by atoms with Gasteiger partial charge in [-0.25, -0.2) is 4.98 Å². The molecule has 2 heterocycles. The highest BCUT2D eigenvalue weighted by atomic mass is 32.1. The van der Waals surface area contributed by atoms with Crippen LogP contribution >= 0.6 is 12.2 Å². The van der Waals surface area contributed by atoms with E-state index in [-0.39, 0.29) is 0 Å². The monoisotopic (exact) mass is 249 g/mol. The van der Waals surface area contributed by atoms with Gasteiger partial charge in [0.15, 0.2) is 6.33 Å². The Hall–Kier alpha value is -2.02. The molecule has 0 saturated carbocycles. The zero-order valence-corrected chi connectivity index (χ0v) is 9.78. The molecule has 0 aliphatic rings. The first-order valence-corrected chi connectivity index (χ1v) is 5.42. The Labute approximate surface area is 103 Å². The zero-order valence-electron chi connectivity index (χ0n) is 8.96. The van der Waals surface area contributed by atoms with Crippen molar-refractivity contribution in [2.24, 2.45) is 5.73 Å². The van der Waals surface area contributed by atoms with Crippen LogP contribution in [0, 0.1) is 0 Å². The SMILES string of the molecule is NC(=S)c1ccc(NCCc2ncno2)nc1. The standard InChI is InChI=1S/C10H11N5OS/c11-10(17)7-1-2-8(13-5-7)12-4-3-9-14-6-15-16-9/h1-2,5-6H,3-4H2,(H2,11,17)(H,12,13). The molecule has 7 heteroatoms. The zero-order chi connectivity index (χ0) is 12.1. The van der Waals surface area contributed by atoms with Gasteiger partial charge in [0.25, 0.3) is 0 Å². The predicted octanol–water partition coefficient (Wildman–Crippen LogP) is 0.753. The fraction of sp³-hybridized carbons (Fsp3) is 0.200.